The van der Waals surface area contributed by atoms with Crippen molar-refractivity contribution in [2.45, 2.75) is 31.7 Å². The van der Waals surface area contributed by atoms with Crippen LogP contribution in [-0.4, -0.2) is 6.04 Å². The summed E-state index contributed by atoms with van der Waals surface area (Å²) in [4.78, 5) is 0. The molecule has 20 heavy (non-hydrogen) atoms. The maximum atomic E-state index is 13.8. The topological polar surface area (TPSA) is 12.0 Å². The Balaban J connectivity index is 1.62. The Morgan fingerprint density at radius 3 is 2.65 bits per heavy atom. The van der Waals surface area contributed by atoms with E-state index >= 15 is 0 Å². The van der Waals surface area contributed by atoms with Crippen LogP contribution >= 0.6 is 11.6 Å². The van der Waals surface area contributed by atoms with Gasteiger partial charge in [0, 0.05) is 6.04 Å². The predicted octanol–water partition coefficient (Wildman–Crippen LogP) is 5.15. The van der Waals surface area contributed by atoms with Crippen LogP contribution in [-0.2, 0) is 0 Å². The van der Waals surface area contributed by atoms with Gasteiger partial charge in [0.2, 0.25) is 0 Å². The minimum Gasteiger partial charge on any atom is -0.380 e. The first-order valence-corrected chi connectivity index (χ1v) is 7.28. The third kappa shape index (κ3) is 2.66. The first-order chi connectivity index (χ1) is 9.63. The van der Waals surface area contributed by atoms with Gasteiger partial charge < -0.3 is 5.32 Å². The third-order valence-corrected chi connectivity index (χ3v) is 4.25. The predicted molar refractivity (Wildman–Crippen MR) is 82.0 cm³/mol. The fraction of sp³-hybridized carbons (Fsp3) is 0.294. The average molecular weight is 290 g/mol. The van der Waals surface area contributed by atoms with Gasteiger partial charge in [-0.25, -0.2) is 4.39 Å². The molecule has 104 valence electrons. The molecule has 0 saturated heterocycles. The highest BCUT2D eigenvalue weighted by atomic mass is 35.5. The van der Waals surface area contributed by atoms with Crippen molar-refractivity contribution in [1.29, 1.82) is 0 Å². The van der Waals surface area contributed by atoms with Crippen LogP contribution in [0.25, 0.3) is 0 Å². The molecule has 2 aromatic carbocycles. The summed E-state index contributed by atoms with van der Waals surface area (Å²) in [6, 6.07) is 14.0. The largest absolute Gasteiger partial charge is 0.380 e. The highest BCUT2D eigenvalue weighted by molar-refractivity contribution is 6.31. The quantitative estimate of drug-likeness (QED) is 0.824. The zero-order chi connectivity index (χ0) is 14.1. The van der Waals surface area contributed by atoms with E-state index in [1.807, 2.05) is 0 Å². The minimum atomic E-state index is -0.354. The van der Waals surface area contributed by atoms with E-state index in [2.05, 4.69) is 36.5 Å². The van der Waals surface area contributed by atoms with Crippen LogP contribution in [0.1, 0.15) is 29.9 Å². The van der Waals surface area contributed by atoms with E-state index in [-0.39, 0.29) is 10.8 Å². The Morgan fingerprint density at radius 2 is 1.90 bits per heavy atom. The van der Waals surface area contributed by atoms with Crippen molar-refractivity contribution in [3.05, 3.63) is 64.4 Å². The van der Waals surface area contributed by atoms with Gasteiger partial charge in [-0.1, -0.05) is 47.5 Å². The molecule has 1 saturated carbocycles. The summed E-state index contributed by atoms with van der Waals surface area (Å²) in [5.41, 5.74) is 3.18. The summed E-state index contributed by atoms with van der Waals surface area (Å²) in [7, 11) is 0. The molecular formula is C17H17ClFN. The van der Waals surface area contributed by atoms with Gasteiger partial charge in [-0.15, -0.1) is 0 Å². The number of nitrogens with one attached hydrogen (secondary N) is 1. The molecular weight excluding hydrogens is 273 g/mol. The lowest BCUT2D eigenvalue weighted by atomic mass is 9.75. The van der Waals surface area contributed by atoms with Crippen LogP contribution in [0.4, 0.5) is 10.1 Å². The SMILES string of the molecule is Cc1cccc(C2CC(Nc3cccc(Cl)c3F)C2)c1. The van der Waals surface area contributed by atoms with Crippen LogP contribution in [0.5, 0.6) is 0 Å². The van der Waals surface area contributed by atoms with Crippen LogP contribution in [0.15, 0.2) is 42.5 Å². The van der Waals surface area contributed by atoms with Crippen molar-refractivity contribution in [3.63, 3.8) is 0 Å². The molecule has 3 rings (SSSR count). The molecule has 0 aromatic heterocycles. The molecule has 0 unspecified atom stereocenters. The molecule has 3 heteroatoms. The Labute approximate surface area is 123 Å². The maximum absolute atomic E-state index is 13.8. The van der Waals surface area contributed by atoms with Crippen LogP contribution in [0.3, 0.4) is 0 Å². The molecule has 0 heterocycles. The summed E-state index contributed by atoms with van der Waals surface area (Å²) < 4.78 is 13.8. The second-order valence-corrected chi connectivity index (χ2v) is 5.93. The minimum absolute atomic E-state index is 0.171. The first-order valence-electron chi connectivity index (χ1n) is 6.90. The molecule has 0 atom stereocenters. The Kier molecular flexibility index (Phi) is 3.66. The average Bonchev–Trinajstić information content (AvgIpc) is 2.38. The van der Waals surface area contributed by atoms with Gasteiger partial charge in [-0.3, -0.25) is 0 Å². The second-order valence-electron chi connectivity index (χ2n) is 5.53. The standard InChI is InChI=1S/C17H17ClFN/c1-11-4-2-5-12(8-11)13-9-14(10-13)20-16-7-3-6-15(18)17(16)19/h2-8,13-14,20H,9-10H2,1H3. The highest BCUT2D eigenvalue weighted by Crippen LogP contribution is 2.39. The molecule has 2 aromatic rings. The van der Waals surface area contributed by atoms with Crippen molar-refractivity contribution in [1.82, 2.24) is 0 Å². The van der Waals surface area contributed by atoms with Gasteiger partial charge >= 0.3 is 0 Å². The zero-order valence-electron chi connectivity index (χ0n) is 11.4. The van der Waals surface area contributed by atoms with E-state index in [0.717, 1.165) is 12.8 Å². The Morgan fingerprint density at radius 1 is 1.15 bits per heavy atom. The van der Waals surface area contributed by atoms with E-state index < -0.39 is 0 Å². The molecule has 1 nitrogen and oxygen atoms in total. The molecule has 0 aliphatic heterocycles. The summed E-state index contributed by atoms with van der Waals surface area (Å²) in [5, 5.41) is 3.41. The summed E-state index contributed by atoms with van der Waals surface area (Å²) in [5.74, 6) is 0.225. The zero-order valence-corrected chi connectivity index (χ0v) is 12.1. The summed E-state index contributed by atoms with van der Waals surface area (Å²) >= 11 is 5.79. The number of rotatable bonds is 3. The van der Waals surface area contributed by atoms with Crippen molar-refractivity contribution in [2.24, 2.45) is 0 Å². The second kappa shape index (κ2) is 5.45. The van der Waals surface area contributed by atoms with Crippen LogP contribution in [0, 0.1) is 12.7 Å². The van der Waals surface area contributed by atoms with Crippen molar-refractivity contribution >= 4 is 17.3 Å². The molecule has 0 bridgehead atoms. The van der Waals surface area contributed by atoms with Crippen molar-refractivity contribution in [3.8, 4) is 0 Å². The van der Waals surface area contributed by atoms with Gasteiger partial charge in [-0.05, 0) is 43.4 Å². The lowest BCUT2D eigenvalue weighted by Crippen LogP contribution is -2.34. The maximum Gasteiger partial charge on any atom is 0.164 e. The fourth-order valence-corrected chi connectivity index (χ4v) is 2.94. The lowest BCUT2D eigenvalue weighted by molar-refractivity contribution is 0.373. The summed E-state index contributed by atoms with van der Waals surface area (Å²) in [6.45, 7) is 2.11. The van der Waals surface area contributed by atoms with Gasteiger partial charge in [0.1, 0.15) is 0 Å². The number of hydrogen-bond donors (Lipinski definition) is 1. The number of benzene rings is 2. The fourth-order valence-electron chi connectivity index (χ4n) is 2.77. The number of hydrogen-bond acceptors (Lipinski definition) is 1. The highest BCUT2D eigenvalue weighted by Gasteiger charge is 2.30. The van der Waals surface area contributed by atoms with Crippen molar-refractivity contribution in [2.75, 3.05) is 5.32 Å². The Hall–Kier alpha value is -1.54. The molecule has 1 N–H and O–H groups in total. The van der Waals surface area contributed by atoms with Crippen molar-refractivity contribution < 1.29 is 4.39 Å². The van der Waals surface area contributed by atoms with Gasteiger partial charge in [0.15, 0.2) is 5.82 Å². The third-order valence-electron chi connectivity index (χ3n) is 3.96. The molecule has 1 aliphatic carbocycles. The molecule has 0 spiro atoms. The smallest absolute Gasteiger partial charge is 0.164 e. The number of aryl methyl sites for hydroxylation is 1. The Bertz CT molecular complexity index is 620. The van der Waals surface area contributed by atoms with Crippen LogP contribution < -0.4 is 5.32 Å². The molecule has 0 amide bonds. The van der Waals surface area contributed by atoms with E-state index in [4.69, 9.17) is 11.6 Å². The normalized spacial score (nSPS) is 21.4. The molecule has 0 radical (unpaired) electrons. The lowest BCUT2D eigenvalue weighted by Gasteiger charge is -2.37. The first kappa shape index (κ1) is 13.4. The van der Waals surface area contributed by atoms with Gasteiger partial charge in [0.05, 0.1) is 10.7 Å². The van der Waals surface area contributed by atoms with Crippen LogP contribution in [0.2, 0.25) is 5.02 Å². The van der Waals surface area contributed by atoms with Gasteiger partial charge in [-0.2, -0.15) is 0 Å². The van der Waals surface area contributed by atoms with E-state index in [0.29, 0.717) is 17.6 Å². The van der Waals surface area contributed by atoms with E-state index in [1.165, 1.54) is 11.1 Å². The van der Waals surface area contributed by atoms with Gasteiger partial charge in [0.25, 0.3) is 0 Å². The van der Waals surface area contributed by atoms with E-state index in [9.17, 15) is 4.39 Å². The monoisotopic (exact) mass is 289 g/mol. The molecule has 1 aliphatic rings. The molecule has 1 fully saturated rings. The number of halogens is 2. The summed E-state index contributed by atoms with van der Waals surface area (Å²) in [6.07, 6.45) is 2.07. The van der Waals surface area contributed by atoms with E-state index in [1.54, 1.807) is 18.2 Å². The number of anilines is 1.